The lowest BCUT2D eigenvalue weighted by Gasteiger charge is -2.32. The lowest BCUT2D eigenvalue weighted by Crippen LogP contribution is -2.43. The molecule has 1 fully saturated rings. The van der Waals surface area contributed by atoms with Crippen molar-refractivity contribution in [2.75, 3.05) is 41.0 Å². The molecule has 1 saturated heterocycles. The van der Waals surface area contributed by atoms with Crippen LogP contribution in [0.15, 0.2) is 41.3 Å². The Balaban J connectivity index is 1.51. The van der Waals surface area contributed by atoms with E-state index in [1.165, 1.54) is 32.0 Å². The van der Waals surface area contributed by atoms with E-state index in [0.29, 0.717) is 36.9 Å². The molecule has 0 unspecified atom stereocenters. The summed E-state index contributed by atoms with van der Waals surface area (Å²) in [7, 11) is 6.24. The average Bonchev–Trinajstić information content (AvgIpc) is 2.86. The maximum Gasteiger partial charge on any atom is 0.263 e. The molecule has 1 N–H and O–H groups in total. The van der Waals surface area contributed by atoms with Gasteiger partial charge in [0.15, 0.2) is 11.5 Å². The second-order valence-corrected chi connectivity index (χ2v) is 8.11. The number of nitrogens with one attached hydrogen (secondary N) is 1. The first kappa shape index (κ1) is 24.9. The largest absolute Gasteiger partial charge is 0.493 e. The van der Waals surface area contributed by atoms with Gasteiger partial charge in [-0.25, -0.2) is 0 Å². The first-order chi connectivity index (χ1) is 16.4. The number of hydrogen-bond donors (Lipinski definition) is 1. The van der Waals surface area contributed by atoms with Crippen molar-refractivity contribution in [3.8, 4) is 17.2 Å². The molecule has 1 aromatic carbocycles. The summed E-state index contributed by atoms with van der Waals surface area (Å²) in [5, 5.41) is 2.92. The first-order valence-corrected chi connectivity index (χ1v) is 11.1. The maximum atomic E-state index is 12.7. The summed E-state index contributed by atoms with van der Waals surface area (Å²) in [5.74, 6) is 1.33. The average molecular weight is 470 g/mol. The van der Waals surface area contributed by atoms with Crippen LogP contribution in [-0.2, 0) is 11.8 Å². The molecule has 0 aliphatic carbocycles. The van der Waals surface area contributed by atoms with Gasteiger partial charge in [-0.2, -0.15) is 0 Å². The van der Waals surface area contributed by atoms with Gasteiger partial charge in [-0.05, 0) is 54.7 Å². The van der Waals surface area contributed by atoms with Crippen molar-refractivity contribution in [1.82, 2.24) is 14.8 Å². The number of ether oxygens (including phenoxy) is 3. The Kier molecular flexibility index (Phi) is 8.34. The SMILES string of the molecule is COc1cc(/C=C/C(=O)NCC2CCN(C(=O)c3cccn(C)c3=O)CC2)cc(OC)c1OC. The molecule has 0 saturated carbocycles. The van der Waals surface area contributed by atoms with Crippen LogP contribution >= 0.6 is 0 Å². The Morgan fingerprint density at radius 2 is 1.74 bits per heavy atom. The van der Waals surface area contributed by atoms with Gasteiger partial charge < -0.3 is 29.0 Å². The number of aryl methyl sites for hydroxylation is 1. The molecule has 3 rings (SSSR count). The summed E-state index contributed by atoms with van der Waals surface area (Å²) in [6.45, 7) is 1.63. The molecule has 9 heteroatoms. The molecular weight excluding hydrogens is 438 g/mol. The second kappa shape index (κ2) is 11.4. The number of carbonyl (C=O) groups is 2. The molecular formula is C25H31N3O6. The summed E-state index contributed by atoms with van der Waals surface area (Å²) in [6, 6.07) is 6.79. The van der Waals surface area contributed by atoms with E-state index in [-0.39, 0.29) is 28.9 Å². The van der Waals surface area contributed by atoms with E-state index in [2.05, 4.69) is 5.32 Å². The molecule has 34 heavy (non-hydrogen) atoms. The van der Waals surface area contributed by atoms with E-state index < -0.39 is 0 Å². The van der Waals surface area contributed by atoms with Gasteiger partial charge in [-0.15, -0.1) is 0 Å². The minimum Gasteiger partial charge on any atom is -0.493 e. The molecule has 2 amide bonds. The van der Waals surface area contributed by atoms with E-state index in [1.807, 2.05) is 0 Å². The number of pyridine rings is 1. The molecule has 9 nitrogen and oxygen atoms in total. The zero-order chi connectivity index (χ0) is 24.7. The van der Waals surface area contributed by atoms with E-state index in [1.54, 1.807) is 48.5 Å². The molecule has 2 aromatic rings. The van der Waals surface area contributed by atoms with Crippen LogP contribution in [0.25, 0.3) is 6.08 Å². The van der Waals surface area contributed by atoms with Crippen molar-refractivity contribution in [2.24, 2.45) is 13.0 Å². The smallest absolute Gasteiger partial charge is 0.263 e. The Morgan fingerprint density at radius 3 is 2.32 bits per heavy atom. The first-order valence-electron chi connectivity index (χ1n) is 11.1. The molecule has 182 valence electrons. The molecule has 0 bridgehead atoms. The van der Waals surface area contributed by atoms with Crippen LogP contribution < -0.4 is 25.1 Å². The van der Waals surface area contributed by atoms with E-state index in [4.69, 9.17) is 14.2 Å². The Labute approximate surface area is 198 Å². The van der Waals surface area contributed by atoms with Crippen LogP contribution in [0, 0.1) is 5.92 Å². The van der Waals surface area contributed by atoms with Crippen molar-refractivity contribution >= 4 is 17.9 Å². The van der Waals surface area contributed by atoms with Crippen molar-refractivity contribution in [3.05, 3.63) is 58.0 Å². The summed E-state index contributed by atoms with van der Waals surface area (Å²) in [4.78, 5) is 38.9. The number of piperidine rings is 1. The zero-order valence-electron chi connectivity index (χ0n) is 20.0. The van der Waals surface area contributed by atoms with Crippen molar-refractivity contribution in [2.45, 2.75) is 12.8 Å². The van der Waals surface area contributed by atoms with E-state index in [9.17, 15) is 14.4 Å². The number of aromatic nitrogens is 1. The number of carbonyl (C=O) groups excluding carboxylic acids is 2. The number of rotatable bonds is 8. The highest BCUT2D eigenvalue weighted by Crippen LogP contribution is 2.38. The lowest BCUT2D eigenvalue weighted by atomic mass is 9.96. The van der Waals surface area contributed by atoms with E-state index >= 15 is 0 Å². The number of benzene rings is 1. The van der Waals surface area contributed by atoms with Crippen LogP contribution in [0.1, 0.15) is 28.8 Å². The standard InChI is InChI=1S/C25H31N3O6/c1-27-11-5-6-19(24(27)30)25(31)28-12-9-17(10-13-28)16-26-22(29)8-7-18-14-20(32-2)23(34-4)21(15-18)33-3/h5-8,11,14-15,17H,9-10,12-13,16H2,1-4H3,(H,26,29)/b8-7+. The molecule has 1 aliphatic heterocycles. The molecule has 0 spiro atoms. The zero-order valence-corrected chi connectivity index (χ0v) is 20.0. The highest BCUT2D eigenvalue weighted by molar-refractivity contribution is 5.94. The van der Waals surface area contributed by atoms with Crippen LogP contribution in [0.2, 0.25) is 0 Å². The Hall–Kier alpha value is -3.75. The van der Waals surface area contributed by atoms with Gasteiger partial charge in [0.2, 0.25) is 11.7 Å². The third-order valence-corrected chi connectivity index (χ3v) is 5.93. The summed E-state index contributed by atoms with van der Waals surface area (Å²) in [6.07, 6.45) is 6.29. The highest BCUT2D eigenvalue weighted by atomic mass is 16.5. The third kappa shape index (κ3) is 5.78. The molecule has 0 atom stereocenters. The van der Waals surface area contributed by atoms with Gasteiger partial charge in [0, 0.05) is 39.0 Å². The maximum absolute atomic E-state index is 12.7. The Bertz CT molecular complexity index is 1090. The van der Waals surface area contributed by atoms with Gasteiger partial charge in [0.1, 0.15) is 5.56 Å². The van der Waals surface area contributed by atoms with Crippen LogP contribution in [-0.4, -0.2) is 62.2 Å². The second-order valence-electron chi connectivity index (χ2n) is 8.11. The van der Waals surface area contributed by atoms with Crippen LogP contribution in [0.4, 0.5) is 0 Å². The van der Waals surface area contributed by atoms with Gasteiger partial charge >= 0.3 is 0 Å². The van der Waals surface area contributed by atoms with Crippen LogP contribution in [0.3, 0.4) is 0 Å². The fourth-order valence-corrected chi connectivity index (χ4v) is 3.94. The molecule has 0 radical (unpaired) electrons. The van der Waals surface area contributed by atoms with Gasteiger partial charge in [0.25, 0.3) is 11.5 Å². The van der Waals surface area contributed by atoms with E-state index in [0.717, 1.165) is 18.4 Å². The number of hydrogen-bond acceptors (Lipinski definition) is 6. The molecule has 1 aliphatic rings. The monoisotopic (exact) mass is 469 g/mol. The van der Waals surface area contributed by atoms with Crippen molar-refractivity contribution < 1.29 is 23.8 Å². The topological polar surface area (TPSA) is 99.1 Å². The number of methoxy groups -OCH3 is 3. The third-order valence-electron chi connectivity index (χ3n) is 5.93. The lowest BCUT2D eigenvalue weighted by molar-refractivity contribution is -0.116. The number of amides is 2. The fraction of sp³-hybridized carbons (Fsp3) is 0.400. The predicted octanol–water partition coefficient (Wildman–Crippen LogP) is 2.09. The molecule has 1 aromatic heterocycles. The quantitative estimate of drug-likeness (QED) is 0.595. The molecule has 2 heterocycles. The van der Waals surface area contributed by atoms with Gasteiger partial charge in [-0.3, -0.25) is 14.4 Å². The summed E-state index contributed by atoms with van der Waals surface area (Å²) < 4.78 is 17.4. The van der Waals surface area contributed by atoms with Gasteiger partial charge in [-0.1, -0.05) is 0 Å². The number of likely N-dealkylation sites (tertiary alicyclic amines) is 1. The number of nitrogens with zero attached hydrogens (tertiary/aromatic N) is 2. The summed E-state index contributed by atoms with van der Waals surface area (Å²) >= 11 is 0. The Morgan fingerprint density at radius 1 is 1.09 bits per heavy atom. The van der Waals surface area contributed by atoms with Crippen molar-refractivity contribution in [3.63, 3.8) is 0 Å². The normalized spacial score (nSPS) is 14.2. The fourth-order valence-electron chi connectivity index (χ4n) is 3.94. The highest BCUT2D eigenvalue weighted by Gasteiger charge is 2.25. The summed E-state index contributed by atoms with van der Waals surface area (Å²) in [5.41, 5.74) is 0.637. The predicted molar refractivity (Wildman–Crippen MR) is 128 cm³/mol. The van der Waals surface area contributed by atoms with Crippen molar-refractivity contribution in [1.29, 1.82) is 0 Å². The van der Waals surface area contributed by atoms with Gasteiger partial charge in [0.05, 0.1) is 21.3 Å². The minimum atomic E-state index is -0.291. The minimum absolute atomic E-state index is 0.189. The van der Waals surface area contributed by atoms with Crippen LogP contribution in [0.5, 0.6) is 17.2 Å².